The molecule has 2 aromatic rings. The molecule has 0 radical (unpaired) electrons. The van der Waals surface area contributed by atoms with E-state index in [1.54, 1.807) is 0 Å². The molecular formula is C11H11N3O4. The zero-order chi connectivity index (χ0) is 13.3. The molecule has 1 aromatic carbocycles. The first-order valence-electron chi connectivity index (χ1n) is 5.28. The SMILES string of the molecule is CCc1[nH]c(-c2ccc(O)c([N+](=O)[O-])c2)nc1O. The van der Waals surface area contributed by atoms with Crippen molar-refractivity contribution in [1.29, 1.82) is 0 Å². The van der Waals surface area contributed by atoms with Gasteiger partial charge in [0, 0.05) is 11.6 Å². The van der Waals surface area contributed by atoms with Crippen LogP contribution in [-0.2, 0) is 6.42 Å². The molecule has 0 saturated heterocycles. The number of H-pyrrole nitrogens is 1. The Hall–Kier alpha value is -2.57. The molecule has 2 rings (SSSR count). The Bertz CT molecular complexity index is 606. The minimum atomic E-state index is -0.678. The normalized spacial score (nSPS) is 10.5. The number of nitrogens with zero attached hydrogens (tertiary/aromatic N) is 2. The maximum Gasteiger partial charge on any atom is 0.311 e. The second-order valence-corrected chi connectivity index (χ2v) is 3.70. The zero-order valence-electron chi connectivity index (χ0n) is 9.54. The van der Waals surface area contributed by atoms with Crippen LogP contribution in [0, 0.1) is 10.1 Å². The fourth-order valence-corrected chi connectivity index (χ4v) is 1.60. The summed E-state index contributed by atoms with van der Waals surface area (Å²) in [6, 6.07) is 3.91. The van der Waals surface area contributed by atoms with Crippen molar-refractivity contribution in [3.63, 3.8) is 0 Å². The number of aryl methyl sites for hydroxylation is 1. The van der Waals surface area contributed by atoms with Crippen molar-refractivity contribution in [2.24, 2.45) is 0 Å². The van der Waals surface area contributed by atoms with Crippen LogP contribution in [-0.4, -0.2) is 25.1 Å². The van der Waals surface area contributed by atoms with Gasteiger partial charge in [-0.2, -0.15) is 4.98 Å². The number of imidazole rings is 1. The van der Waals surface area contributed by atoms with E-state index in [-0.39, 0.29) is 5.88 Å². The maximum absolute atomic E-state index is 10.7. The first kappa shape index (κ1) is 11.9. The van der Waals surface area contributed by atoms with Crippen LogP contribution in [0.3, 0.4) is 0 Å². The standard InChI is InChI=1S/C11H11N3O4/c1-2-7-11(16)13-10(12-7)6-3-4-9(15)8(5-6)14(17)18/h3-5,15-16H,2H2,1H3,(H,12,13). The lowest BCUT2D eigenvalue weighted by molar-refractivity contribution is -0.385. The summed E-state index contributed by atoms with van der Waals surface area (Å²) in [5, 5.41) is 29.5. The smallest absolute Gasteiger partial charge is 0.311 e. The summed E-state index contributed by atoms with van der Waals surface area (Å²) >= 11 is 0. The minimum Gasteiger partial charge on any atom is -0.502 e. The van der Waals surface area contributed by atoms with Crippen LogP contribution in [0.25, 0.3) is 11.4 Å². The van der Waals surface area contributed by atoms with Crippen LogP contribution in [0.15, 0.2) is 18.2 Å². The highest BCUT2D eigenvalue weighted by atomic mass is 16.6. The number of aromatic nitrogens is 2. The topological polar surface area (TPSA) is 112 Å². The van der Waals surface area contributed by atoms with Crippen molar-refractivity contribution in [3.05, 3.63) is 34.0 Å². The largest absolute Gasteiger partial charge is 0.502 e. The van der Waals surface area contributed by atoms with Crippen molar-refractivity contribution < 1.29 is 15.1 Å². The summed E-state index contributed by atoms with van der Waals surface area (Å²) < 4.78 is 0. The van der Waals surface area contributed by atoms with Crippen LogP contribution >= 0.6 is 0 Å². The molecule has 7 heteroatoms. The number of nitro groups is 1. The lowest BCUT2D eigenvalue weighted by atomic mass is 10.2. The van der Waals surface area contributed by atoms with E-state index in [1.165, 1.54) is 18.2 Å². The predicted molar refractivity (Wildman–Crippen MR) is 63.4 cm³/mol. The molecular weight excluding hydrogens is 238 g/mol. The third kappa shape index (κ3) is 1.97. The van der Waals surface area contributed by atoms with Crippen LogP contribution in [0.2, 0.25) is 0 Å². The molecule has 0 amide bonds. The van der Waals surface area contributed by atoms with Gasteiger partial charge in [0.15, 0.2) is 5.75 Å². The molecule has 0 bridgehead atoms. The summed E-state index contributed by atoms with van der Waals surface area (Å²) in [5.74, 6) is -0.203. The highest BCUT2D eigenvalue weighted by Crippen LogP contribution is 2.31. The van der Waals surface area contributed by atoms with Gasteiger partial charge in [-0.15, -0.1) is 0 Å². The first-order valence-corrected chi connectivity index (χ1v) is 5.28. The van der Waals surface area contributed by atoms with Crippen molar-refractivity contribution in [2.75, 3.05) is 0 Å². The van der Waals surface area contributed by atoms with Crippen molar-refractivity contribution in [1.82, 2.24) is 9.97 Å². The molecule has 0 atom stereocenters. The number of aromatic hydroxyl groups is 2. The number of nitrogens with one attached hydrogen (secondary N) is 1. The molecule has 0 spiro atoms. The fourth-order valence-electron chi connectivity index (χ4n) is 1.60. The molecule has 0 saturated carbocycles. The average Bonchev–Trinajstić information content (AvgIpc) is 2.70. The van der Waals surface area contributed by atoms with Crippen molar-refractivity contribution in [3.8, 4) is 23.0 Å². The monoisotopic (exact) mass is 249 g/mol. The molecule has 0 aliphatic heterocycles. The average molecular weight is 249 g/mol. The highest BCUT2D eigenvalue weighted by Gasteiger charge is 2.16. The molecule has 0 aliphatic rings. The Morgan fingerprint density at radius 1 is 1.44 bits per heavy atom. The maximum atomic E-state index is 10.7. The summed E-state index contributed by atoms with van der Waals surface area (Å²) in [6.45, 7) is 1.84. The van der Waals surface area contributed by atoms with E-state index in [0.29, 0.717) is 23.5 Å². The van der Waals surface area contributed by atoms with Gasteiger partial charge in [-0.3, -0.25) is 10.1 Å². The molecule has 0 aliphatic carbocycles. The number of phenols is 1. The van der Waals surface area contributed by atoms with Gasteiger partial charge in [-0.1, -0.05) is 6.92 Å². The van der Waals surface area contributed by atoms with Gasteiger partial charge >= 0.3 is 5.69 Å². The number of phenolic OH excluding ortho intramolecular Hbond substituents is 1. The molecule has 1 aromatic heterocycles. The van der Waals surface area contributed by atoms with Gasteiger partial charge in [-0.05, 0) is 18.6 Å². The minimum absolute atomic E-state index is 0.122. The Morgan fingerprint density at radius 3 is 2.72 bits per heavy atom. The quantitative estimate of drug-likeness (QED) is 0.568. The lowest BCUT2D eigenvalue weighted by Crippen LogP contribution is -1.90. The third-order valence-corrected chi connectivity index (χ3v) is 2.56. The molecule has 94 valence electrons. The number of rotatable bonds is 3. The summed E-state index contributed by atoms with van der Waals surface area (Å²) in [4.78, 5) is 16.8. The second-order valence-electron chi connectivity index (χ2n) is 3.70. The van der Waals surface area contributed by atoms with Gasteiger partial charge in [0.2, 0.25) is 5.88 Å². The van der Waals surface area contributed by atoms with E-state index >= 15 is 0 Å². The van der Waals surface area contributed by atoms with E-state index in [0.717, 1.165) is 0 Å². The Balaban J connectivity index is 2.50. The summed E-state index contributed by atoms with van der Waals surface area (Å²) in [6.07, 6.45) is 0.568. The van der Waals surface area contributed by atoms with E-state index in [4.69, 9.17) is 0 Å². The highest BCUT2D eigenvalue weighted by molar-refractivity contribution is 5.64. The van der Waals surface area contributed by atoms with E-state index in [1.807, 2.05) is 6.92 Å². The Kier molecular flexibility index (Phi) is 2.88. The number of hydrogen-bond donors (Lipinski definition) is 3. The van der Waals surface area contributed by atoms with Crippen LogP contribution in [0.4, 0.5) is 5.69 Å². The second kappa shape index (κ2) is 4.36. The van der Waals surface area contributed by atoms with Gasteiger partial charge in [0.05, 0.1) is 10.6 Å². The van der Waals surface area contributed by atoms with E-state index < -0.39 is 16.4 Å². The Morgan fingerprint density at radius 2 is 2.17 bits per heavy atom. The van der Waals surface area contributed by atoms with Crippen LogP contribution < -0.4 is 0 Å². The van der Waals surface area contributed by atoms with Gasteiger partial charge in [-0.25, -0.2) is 0 Å². The molecule has 1 heterocycles. The predicted octanol–water partition coefficient (Wildman–Crippen LogP) is 1.96. The van der Waals surface area contributed by atoms with Crippen molar-refractivity contribution in [2.45, 2.75) is 13.3 Å². The van der Waals surface area contributed by atoms with E-state index in [9.17, 15) is 20.3 Å². The molecule has 18 heavy (non-hydrogen) atoms. The first-order chi connectivity index (χ1) is 8.52. The van der Waals surface area contributed by atoms with Gasteiger partial charge < -0.3 is 15.2 Å². The molecule has 3 N–H and O–H groups in total. The molecule has 0 fully saturated rings. The van der Waals surface area contributed by atoms with Crippen LogP contribution in [0.1, 0.15) is 12.6 Å². The van der Waals surface area contributed by atoms with Crippen molar-refractivity contribution >= 4 is 5.69 Å². The van der Waals surface area contributed by atoms with E-state index in [2.05, 4.69) is 9.97 Å². The number of benzene rings is 1. The molecule has 7 nitrogen and oxygen atoms in total. The zero-order valence-corrected chi connectivity index (χ0v) is 9.54. The third-order valence-electron chi connectivity index (χ3n) is 2.56. The number of hydrogen-bond acceptors (Lipinski definition) is 5. The Labute approximate surface area is 102 Å². The summed E-state index contributed by atoms with van der Waals surface area (Å²) in [7, 11) is 0. The number of aromatic amines is 1. The van der Waals surface area contributed by atoms with Gasteiger partial charge in [0.1, 0.15) is 5.82 Å². The lowest BCUT2D eigenvalue weighted by Gasteiger charge is -1.99. The summed E-state index contributed by atoms with van der Waals surface area (Å²) in [5.41, 5.74) is 0.580. The fraction of sp³-hybridized carbons (Fsp3) is 0.182. The van der Waals surface area contributed by atoms with Gasteiger partial charge in [0.25, 0.3) is 0 Å². The number of nitro benzene ring substituents is 1. The van der Waals surface area contributed by atoms with Crippen LogP contribution in [0.5, 0.6) is 11.6 Å². The molecule has 0 unspecified atom stereocenters.